The summed E-state index contributed by atoms with van der Waals surface area (Å²) in [4.78, 5) is 25.1. The SMILES string of the molecule is CCCn1nccc1NC(=O)CN1CCN(c2ncccn2)CC1. The molecule has 0 bridgehead atoms. The van der Waals surface area contributed by atoms with Crippen molar-refractivity contribution in [2.45, 2.75) is 19.9 Å². The molecule has 0 spiro atoms. The zero-order chi connectivity index (χ0) is 16.8. The van der Waals surface area contributed by atoms with Crippen LogP contribution < -0.4 is 10.2 Å². The smallest absolute Gasteiger partial charge is 0.239 e. The van der Waals surface area contributed by atoms with Gasteiger partial charge in [-0.3, -0.25) is 9.69 Å². The van der Waals surface area contributed by atoms with Gasteiger partial charge in [0.1, 0.15) is 5.82 Å². The van der Waals surface area contributed by atoms with Gasteiger partial charge in [0, 0.05) is 51.2 Å². The average molecular weight is 329 g/mol. The summed E-state index contributed by atoms with van der Waals surface area (Å²) in [5, 5.41) is 7.16. The fourth-order valence-electron chi connectivity index (χ4n) is 2.77. The Labute approximate surface area is 141 Å². The number of carbonyl (C=O) groups excluding carboxylic acids is 1. The van der Waals surface area contributed by atoms with Gasteiger partial charge in [0.2, 0.25) is 11.9 Å². The number of aromatic nitrogens is 4. The topological polar surface area (TPSA) is 79.2 Å². The second-order valence-corrected chi connectivity index (χ2v) is 5.80. The molecule has 0 saturated carbocycles. The van der Waals surface area contributed by atoms with Crippen LogP contribution in [-0.4, -0.2) is 63.3 Å². The van der Waals surface area contributed by atoms with Crippen LogP contribution in [0.5, 0.6) is 0 Å². The molecule has 2 aromatic rings. The largest absolute Gasteiger partial charge is 0.338 e. The van der Waals surface area contributed by atoms with Crippen LogP contribution in [0.15, 0.2) is 30.7 Å². The minimum atomic E-state index is -0.00253. The molecule has 8 nitrogen and oxygen atoms in total. The van der Waals surface area contributed by atoms with E-state index in [0.717, 1.165) is 50.9 Å². The molecule has 2 aromatic heterocycles. The number of piperazine rings is 1. The molecule has 1 saturated heterocycles. The lowest BCUT2D eigenvalue weighted by Crippen LogP contribution is -2.49. The van der Waals surface area contributed by atoms with E-state index in [2.05, 4.69) is 37.1 Å². The monoisotopic (exact) mass is 329 g/mol. The Morgan fingerprint density at radius 2 is 1.92 bits per heavy atom. The van der Waals surface area contributed by atoms with Gasteiger partial charge < -0.3 is 10.2 Å². The van der Waals surface area contributed by atoms with E-state index in [1.807, 2.05) is 16.8 Å². The lowest BCUT2D eigenvalue weighted by Gasteiger charge is -2.34. The van der Waals surface area contributed by atoms with Gasteiger partial charge in [-0.25, -0.2) is 14.6 Å². The molecule has 1 aliphatic heterocycles. The molecule has 1 aliphatic rings. The number of aryl methyl sites for hydroxylation is 1. The van der Waals surface area contributed by atoms with Crippen molar-refractivity contribution in [3.63, 3.8) is 0 Å². The molecule has 1 N–H and O–H groups in total. The van der Waals surface area contributed by atoms with Gasteiger partial charge >= 0.3 is 0 Å². The van der Waals surface area contributed by atoms with Gasteiger partial charge in [0.25, 0.3) is 0 Å². The van der Waals surface area contributed by atoms with E-state index in [0.29, 0.717) is 6.54 Å². The Morgan fingerprint density at radius 3 is 2.62 bits per heavy atom. The first-order valence-corrected chi connectivity index (χ1v) is 8.32. The zero-order valence-electron chi connectivity index (χ0n) is 13.9. The molecule has 1 fully saturated rings. The van der Waals surface area contributed by atoms with Gasteiger partial charge in [-0.15, -0.1) is 0 Å². The van der Waals surface area contributed by atoms with Crippen LogP contribution in [0.25, 0.3) is 0 Å². The maximum Gasteiger partial charge on any atom is 0.239 e. The van der Waals surface area contributed by atoms with E-state index < -0.39 is 0 Å². The van der Waals surface area contributed by atoms with Crippen molar-refractivity contribution in [3.05, 3.63) is 30.7 Å². The molecule has 24 heavy (non-hydrogen) atoms. The van der Waals surface area contributed by atoms with Gasteiger partial charge in [0.05, 0.1) is 12.7 Å². The maximum atomic E-state index is 12.3. The number of hydrogen-bond acceptors (Lipinski definition) is 6. The van der Waals surface area contributed by atoms with Crippen molar-refractivity contribution in [2.24, 2.45) is 0 Å². The van der Waals surface area contributed by atoms with Gasteiger partial charge in [0.15, 0.2) is 0 Å². The Morgan fingerprint density at radius 1 is 1.17 bits per heavy atom. The first-order valence-electron chi connectivity index (χ1n) is 8.32. The zero-order valence-corrected chi connectivity index (χ0v) is 13.9. The summed E-state index contributed by atoms with van der Waals surface area (Å²) in [6.45, 7) is 6.57. The number of anilines is 2. The third kappa shape index (κ3) is 4.08. The molecule has 0 unspecified atom stereocenters. The van der Waals surface area contributed by atoms with E-state index in [4.69, 9.17) is 0 Å². The lowest BCUT2D eigenvalue weighted by molar-refractivity contribution is -0.117. The van der Waals surface area contributed by atoms with Crippen LogP contribution in [0.3, 0.4) is 0 Å². The van der Waals surface area contributed by atoms with Crippen LogP contribution >= 0.6 is 0 Å². The minimum absolute atomic E-state index is 0.00253. The van der Waals surface area contributed by atoms with Crippen LogP contribution in [0.2, 0.25) is 0 Å². The molecule has 128 valence electrons. The quantitative estimate of drug-likeness (QED) is 0.846. The first-order chi connectivity index (χ1) is 11.8. The molecular weight excluding hydrogens is 306 g/mol. The van der Waals surface area contributed by atoms with Crippen LogP contribution in [0, 0.1) is 0 Å². The Kier molecular flexibility index (Phi) is 5.37. The van der Waals surface area contributed by atoms with E-state index in [-0.39, 0.29) is 5.91 Å². The number of nitrogens with zero attached hydrogens (tertiary/aromatic N) is 6. The summed E-state index contributed by atoms with van der Waals surface area (Å²) in [7, 11) is 0. The Balaban J connectivity index is 1.47. The Bertz CT molecular complexity index is 649. The summed E-state index contributed by atoms with van der Waals surface area (Å²) >= 11 is 0. The van der Waals surface area contributed by atoms with Gasteiger partial charge in [-0.1, -0.05) is 6.92 Å². The van der Waals surface area contributed by atoms with E-state index >= 15 is 0 Å². The second-order valence-electron chi connectivity index (χ2n) is 5.80. The van der Waals surface area contributed by atoms with Crippen LogP contribution in [0.4, 0.5) is 11.8 Å². The summed E-state index contributed by atoms with van der Waals surface area (Å²) in [5.74, 6) is 1.51. The van der Waals surface area contributed by atoms with Gasteiger partial charge in [-0.2, -0.15) is 5.10 Å². The number of amides is 1. The van der Waals surface area contributed by atoms with Crippen molar-refractivity contribution in [3.8, 4) is 0 Å². The number of nitrogens with one attached hydrogen (secondary N) is 1. The second kappa shape index (κ2) is 7.87. The standard InChI is InChI=1S/C16H23N7O/c1-2-8-23-14(4-7-19-23)20-15(24)13-21-9-11-22(12-10-21)16-17-5-3-6-18-16/h3-7H,2,8-13H2,1H3,(H,20,24). The summed E-state index contributed by atoms with van der Waals surface area (Å²) in [6.07, 6.45) is 6.20. The highest BCUT2D eigenvalue weighted by atomic mass is 16.2. The van der Waals surface area contributed by atoms with Crippen molar-refractivity contribution >= 4 is 17.7 Å². The third-order valence-electron chi connectivity index (χ3n) is 3.99. The molecule has 0 aliphatic carbocycles. The molecule has 1 amide bonds. The predicted octanol–water partition coefficient (Wildman–Crippen LogP) is 0.844. The van der Waals surface area contributed by atoms with Gasteiger partial charge in [-0.05, 0) is 12.5 Å². The summed E-state index contributed by atoms with van der Waals surface area (Å²) in [5.41, 5.74) is 0. The average Bonchev–Trinajstić information content (AvgIpc) is 3.03. The molecule has 8 heteroatoms. The highest BCUT2D eigenvalue weighted by Gasteiger charge is 2.20. The fraction of sp³-hybridized carbons (Fsp3) is 0.500. The highest BCUT2D eigenvalue weighted by molar-refractivity contribution is 5.91. The molecule has 0 radical (unpaired) electrons. The Hall–Kier alpha value is -2.48. The number of hydrogen-bond donors (Lipinski definition) is 1. The predicted molar refractivity (Wildman–Crippen MR) is 91.8 cm³/mol. The molecule has 0 aromatic carbocycles. The van der Waals surface area contributed by atoms with E-state index in [1.54, 1.807) is 18.6 Å². The number of carbonyl (C=O) groups is 1. The minimum Gasteiger partial charge on any atom is -0.338 e. The van der Waals surface area contributed by atoms with Crippen LogP contribution in [0.1, 0.15) is 13.3 Å². The van der Waals surface area contributed by atoms with Crippen molar-refractivity contribution < 1.29 is 4.79 Å². The highest BCUT2D eigenvalue weighted by Crippen LogP contribution is 2.10. The molecular formula is C16H23N7O. The molecule has 3 heterocycles. The fourth-order valence-corrected chi connectivity index (χ4v) is 2.77. The normalized spacial score (nSPS) is 15.5. The van der Waals surface area contributed by atoms with E-state index in [9.17, 15) is 4.79 Å². The molecule has 0 atom stereocenters. The van der Waals surface area contributed by atoms with Crippen molar-refractivity contribution in [1.82, 2.24) is 24.6 Å². The van der Waals surface area contributed by atoms with Crippen molar-refractivity contribution in [2.75, 3.05) is 42.9 Å². The maximum absolute atomic E-state index is 12.3. The third-order valence-corrected chi connectivity index (χ3v) is 3.99. The summed E-state index contributed by atoms with van der Waals surface area (Å²) in [6, 6.07) is 3.64. The number of rotatable bonds is 6. The lowest BCUT2D eigenvalue weighted by atomic mass is 10.3. The van der Waals surface area contributed by atoms with E-state index in [1.165, 1.54) is 0 Å². The molecule has 3 rings (SSSR count). The van der Waals surface area contributed by atoms with Crippen LogP contribution in [-0.2, 0) is 11.3 Å². The first kappa shape index (κ1) is 16.4. The van der Waals surface area contributed by atoms with Crippen molar-refractivity contribution in [1.29, 1.82) is 0 Å². The summed E-state index contributed by atoms with van der Waals surface area (Å²) < 4.78 is 1.82.